The number of rotatable bonds is 3. The minimum absolute atomic E-state index is 0.0111. The summed E-state index contributed by atoms with van der Waals surface area (Å²) in [6.45, 7) is 1.61. The van der Waals surface area contributed by atoms with E-state index < -0.39 is 17.5 Å². The first-order chi connectivity index (χ1) is 13.5. The van der Waals surface area contributed by atoms with Crippen molar-refractivity contribution in [1.29, 1.82) is 10.5 Å². The zero-order valence-corrected chi connectivity index (χ0v) is 15.0. The summed E-state index contributed by atoms with van der Waals surface area (Å²) in [5.74, 6) is -0.424. The van der Waals surface area contributed by atoms with E-state index in [0.29, 0.717) is 22.3 Å². The molecule has 0 spiro atoms. The van der Waals surface area contributed by atoms with Gasteiger partial charge in [-0.15, -0.1) is 0 Å². The van der Waals surface area contributed by atoms with Crippen LogP contribution in [0.1, 0.15) is 29.2 Å². The molecule has 3 heterocycles. The number of aromatic nitrogens is 1. The van der Waals surface area contributed by atoms with Gasteiger partial charge in [0.05, 0.1) is 29.3 Å². The summed E-state index contributed by atoms with van der Waals surface area (Å²) in [5.41, 5.74) is 1.42. The molecule has 136 valence electrons. The number of hydrogen-bond acceptors (Lipinski definition) is 4. The molecule has 0 unspecified atom stereocenters. The highest BCUT2D eigenvalue weighted by Crippen LogP contribution is 2.31. The van der Waals surface area contributed by atoms with Crippen molar-refractivity contribution in [2.24, 2.45) is 0 Å². The number of urea groups is 1. The van der Waals surface area contributed by atoms with Crippen LogP contribution in [-0.2, 0) is 16.9 Å². The molecular formula is C21H15N5O2. The minimum atomic E-state index is -1.27. The number of amides is 3. The number of benzene rings is 1. The van der Waals surface area contributed by atoms with Crippen LogP contribution in [0.15, 0.2) is 54.9 Å². The summed E-state index contributed by atoms with van der Waals surface area (Å²) in [6.07, 6.45) is 3.56. The van der Waals surface area contributed by atoms with Crippen LogP contribution in [0.4, 0.5) is 4.79 Å². The molecule has 1 atom stereocenters. The first-order valence-corrected chi connectivity index (χ1v) is 8.61. The largest absolute Gasteiger partial charge is 0.325 e. The molecule has 0 saturated carbocycles. The van der Waals surface area contributed by atoms with Gasteiger partial charge in [-0.3, -0.25) is 9.69 Å². The summed E-state index contributed by atoms with van der Waals surface area (Å²) in [5, 5.41) is 21.4. The lowest BCUT2D eigenvalue weighted by atomic mass is 9.91. The van der Waals surface area contributed by atoms with Gasteiger partial charge in [-0.2, -0.15) is 10.5 Å². The summed E-state index contributed by atoms with van der Waals surface area (Å²) in [6, 6.07) is 15.8. The molecule has 3 amide bonds. The predicted molar refractivity (Wildman–Crippen MR) is 99.7 cm³/mol. The van der Waals surface area contributed by atoms with E-state index >= 15 is 0 Å². The van der Waals surface area contributed by atoms with Gasteiger partial charge in [0.1, 0.15) is 11.6 Å². The van der Waals surface area contributed by atoms with Crippen molar-refractivity contribution in [1.82, 2.24) is 14.6 Å². The lowest BCUT2D eigenvalue weighted by Gasteiger charge is -2.22. The molecule has 0 aliphatic carbocycles. The second-order valence-corrected chi connectivity index (χ2v) is 6.77. The van der Waals surface area contributed by atoms with Crippen molar-refractivity contribution < 1.29 is 9.59 Å². The Hall–Kier alpha value is -4.10. The Bertz CT molecular complexity index is 1210. The SMILES string of the molecule is C[C@]1(c2cccc(C#N)c2)NC(=O)N(Cc2cn3ccccc3c2C#N)C1=O. The van der Waals surface area contributed by atoms with E-state index in [4.69, 9.17) is 5.26 Å². The van der Waals surface area contributed by atoms with E-state index in [1.54, 1.807) is 41.8 Å². The van der Waals surface area contributed by atoms with Crippen LogP contribution in [0.5, 0.6) is 0 Å². The number of pyridine rings is 1. The molecule has 1 saturated heterocycles. The van der Waals surface area contributed by atoms with Gasteiger partial charge in [0.2, 0.25) is 0 Å². The fourth-order valence-electron chi connectivity index (χ4n) is 3.53. The van der Waals surface area contributed by atoms with Gasteiger partial charge in [-0.05, 0) is 36.8 Å². The van der Waals surface area contributed by atoms with Crippen molar-refractivity contribution in [2.45, 2.75) is 19.0 Å². The second kappa shape index (κ2) is 6.26. The van der Waals surface area contributed by atoms with Crippen LogP contribution in [-0.4, -0.2) is 21.2 Å². The first-order valence-electron chi connectivity index (χ1n) is 8.61. The number of carbonyl (C=O) groups excluding carboxylic acids is 2. The van der Waals surface area contributed by atoms with E-state index in [2.05, 4.69) is 11.4 Å². The highest BCUT2D eigenvalue weighted by molar-refractivity contribution is 6.07. The lowest BCUT2D eigenvalue weighted by molar-refractivity contribution is -0.131. The highest BCUT2D eigenvalue weighted by Gasteiger charge is 2.49. The lowest BCUT2D eigenvalue weighted by Crippen LogP contribution is -2.40. The maximum atomic E-state index is 13.1. The van der Waals surface area contributed by atoms with Gasteiger partial charge in [0.25, 0.3) is 5.91 Å². The summed E-state index contributed by atoms with van der Waals surface area (Å²) in [7, 11) is 0. The molecule has 1 aliphatic rings. The summed E-state index contributed by atoms with van der Waals surface area (Å²) < 4.78 is 1.79. The molecule has 1 N–H and O–H groups in total. The van der Waals surface area contributed by atoms with Crippen LogP contribution in [0.2, 0.25) is 0 Å². The van der Waals surface area contributed by atoms with Gasteiger partial charge in [-0.25, -0.2) is 4.79 Å². The molecule has 1 fully saturated rings. The molecule has 28 heavy (non-hydrogen) atoms. The molecule has 3 aromatic rings. The molecule has 1 aromatic carbocycles. The molecule has 7 nitrogen and oxygen atoms in total. The smallest absolute Gasteiger partial charge is 0.322 e. The van der Waals surface area contributed by atoms with Crippen LogP contribution < -0.4 is 5.32 Å². The minimum Gasteiger partial charge on any atom is -0.322 e. The number of fused-ring (bicyclic) bond motifs is 1. The maximum Gasteiger partial charge on any atom is 0.325 e. The molecule has 0 bridgehead atoms. The molecular weight excluding hydrogens is 354 g/mol. The van der Waals surface area contributed by atoms with Crippen molar-refractivity contribution in [2.75, 3.05) is 0 Å². The summed E-state index contributed by atoms with van der Waals surface area (Å²) in [4.78, 5) is 26.8. The van der Waals surface area contributed by atoms with E-state index in [1.165, 1.54) is 0 Å². The van der Waals surface area contributed by atoms with E-state index in [0.717, 1.165) is 10.4 Å². The Morgan fingerprint density at radius 2 is 1.93 bits per heavy atom. The normalized spacial score (nSPS) is 18.8. The number of carbonyl (C=O) groups is 2. The van der Waals surface area contributed by atoms with E-state index in [1.807, 2.05) is 30.5 Å². The summed E-state index contributed by atoms with van der Waals surface area (Å²) >= 11 is 0. The number of hydrogen-bond donors (Lipinski definition) is 1. The Kier molecular flexibility index (Phi) is 3.87. The molecule has 2 aromatic heterocycles. The Balaban J connectivity index is 1.71. The molecule has 7 heteroatoms. The van der Waals surface area contributed by atoms with E-state index in [-0.39, 0.29) is 6.54 Å². The zero-order chi connectivity index (χ0) is 19.9. The number of nitriles is 2. The number of nitrogens with one attached hydrogen (secondary N) is 1. The average Bonchev–Trinajstić information content (AvgIpc) is 3.18. The van der Waals surface area contributed by atoms with Crippen LogP contribution >= 0.6 is 0 Å². The van der Waals surface area contributed by atoms with Gasteiger partial charge in [0, 0.05) is 18.0 Å². The van der Waals surface area contributed by atoms with Crippen molar-refractivity contribution in [3.05, 3.63) is 77.1 Å². The highest BCUT2D eigenvalue weighted by atomic mass is 16.2. The fourth-order valence-corrected chi connectivity index (χ4v) is 3.53. The fraction of sp³-hybridized carbons (Fsp3) is 0.143. The van der Waals surface area contributed by atoms with E-state index in [9.17, 15) is 14.9 Å². The van der Waals surface area contributed by atoms with Gasteiger partial charge >= 0.3 is 6.03 Å². The third-order valence-electron chi connectivity index (χ3n) is 5.05. The van der Waals surface area contributed by atoms with Crippen LogP contribution in [0, 0.1) is 22.7 Å². The number of nitrogens with zero attached hydrogens (tertiary/aromatic N) is 4. The maximum absolute atomic E-state index is 13.1. The van der Waals surface area contributed by atoms with Crippen molar-refractivity contribution in [3.8, 4) is 12.1 Å². The van der Waals surface area contributed by atoms with Crippen LogP contribution in [0.3, 0.4) is 0 Å². The second-order valence-electron chi connectivity index (χ2n) is 6.77. The van der Waals surface area contributed by atoms with Gasteiger partial charge < -0.3 is 9.72 Å². The Labute approximate surface area is 161 Å². The van der Waals surface area contributed by atoms with Gasteiger partial charge in [-0.1, -0.05) is 18.2 Å². The molecule has 4 rings (SSSR count). The topological polar surface area (TPSA) is 101 Å². The molecule has 0 radical (unpaired) electrons. The van der Waals surface area contributed by atoms with Gasteiger partial charge in [0.15, 0.2) is 0 Å². The van der Waals surface area contributed by atoms with Crippen LogP contribution in [0.25, 0.3) is 5.52 Å². The monoisotopic (exact) mass is 369 g/mol. The predicted octanol–water partition coefficient (Wildman–Crippen LogP) is 2.65. The third-order valence-corrected chi connectivity index (χ3v) is 5.05. The standard InChI is InChI=1S/C21H15N5O2/c1-21(16-6-4-5-14(9-16)10-22)19(27)26(20(28)24-21)13-15-12-25-8-3-2-7-18(25)17(15)11-23/h2-9,12H,13H2,1H3,(H,24,28)/t21-/m1/s1. The average molecular weight is 369 g/mol. The zero-order valence-electron chi connectivity index (χ0n) is 15.0. The van der Waals surface area contributed by atoms with Crippen molar-refractivity contribution in [3.63, 3.8) is 0 Å². The molecule has 1 aliphatic heterocycles. The first kappa shape index (κ1) is 17.3. The number of imide groups is 1. The quantitative estimate of drug-likeness (QED) is 0.717. The Morgan fingerprint density at radius 3 is 2.68 bits per heavy atom. The van der Waals surface area contributed by atoms with Crippen molar-refractivity contribution >= 4 is 17.5 Å². The Morgan fingerprint density at radius 1 is 1.11 bits per heavy atom. The third kappa shape index (κ3) is 2.50.